The van der Waals surface area contributed by atoms with Gasteiger partial charge in [0.25, 0.3) is 5.91 Å². The third-order valence-corrected chi connectivity index (χ3v) is 5.11. The highest BCUT2D eigenvalue weighted by molar-refractivity contribution is 5.98. The summed E-state index contributed by atoms with van der Waals surface area (Å²) in [7, 11) is 1.38. The number of carbonyl (C=O) groups is 3. The normalized spacial score (nSPS) is 22.4. The van der Waals surface area contributed by atoms with E-state index in [0.29, 0.717) is 13.2 Å². The number of hydrogen-bond donors (Lipinski definition) is 1. The summed E-state index contributed by atoms with van der Waals surface area (Å²) in [4.78, 5) is 41.2. The summed E-state index contributed by atoms with van der Waals surface area (Å²) in [6.45, 7) is 7.41. The van der Waals surface area contributed by atoms with Crippen molar-refractivity contribution in [3.05, 3.63) is 18.0 Å². The van der Waals surface area contributed by atoms with Gasteiger partial charge in [0.2, 0.25) is 6.79 Å². The van der Waals surface area contributed by atoms with Crippen LogP contribution in [0.2, 0.25) is 0 Å². The zero-order valence-corrected chi connectivity index (χ0v) is 21.4. The van der Waals surface area contributed by atoms with E-state index in [1.54, 1.807) is 6.92 Å². The van der Waals surface area contributed by atoms with Gasteiger partial charge in [-0.1, -0.05) is 13.8 Å². The summed E-state index contributed by atoms with van der Waals surface area (Å²) in [6.07, 6.45) is 1.31. The Morgan fingerprint density at radius 2 is 1.89 bits per heavy atom. The molecule has 2 rings (SSSR count). The number of amides is 1. The molecule has 0 aliphatic carbocycles. The Balaban J connectivity index is 2.19. The van der Waals surface area contributed by atoms with E-state index in [9.17, 15) is 14.4 Å². The molecule has 1 aliphatic heterocycles. The Hall–Kier alpha value is -2.96. The lowest BCUT2D eigenvalue weighted by atomic mass is 10.1. The number of hydrogen-bond acceptors (Lipinski definition) is 11. The summed E-state index contributed by atoms with van der Waals surface area (Å²) in [5.74, 6) is -1.85. The number of methoxy groups -OCH3 is 1. The van der Waals surface area contributed by atoms with Crippen LogP contribution >= 0.6 is 0 Å². The standard InChI is InChI=1S/C24H36N2O10/c1-6-10-32-19-13-31-12-17(24(29)36-15(3)21(19)33-11-7-2)26-23(28)20-22(35-14-34-16(4)27)18(30-5)8-9-25-20/h8-9,15,17,19,21H,6-7,10-14H2,1-5H3,(H,26,28)/t15-,17-,19-,21-/m0/s1. The van der Waals surface area contributed by atoms with Crippen LogP contribution in [-0.2, 0) is 33.3 Å². The zero-order chi connectivity index (χ0) is 26.5. The minimum atomic E-state index is -1.13. The molecular weight excluding hydrogens is 476 g/mol. The van der Waals surface area contributed by atoms with Crippen LogP contribution in [0.3, 0.4) is 0 Å². The second-order valence-electron chi connectivity index (χ2n) is 8.04. The first-order valence-corrected chi connectivity index (χ1v) is 11.9. The number of aromatic nitrogens is 1. The number of cyclic esters (lactones) is 1. The Kier molecular flexibility index (Phi) is 12.4. The van der Waals surface area contributed by atoms with Gasteiger partial charge in [-0.05, 0) is 19.8 Å². The van der Waals surface area contributed by atoms with Crippen molar-refractivity contribution in [2.45, 2.75) is 64.9 Å². The molecule has 0 aromatic carbocycles. The monoisotopic (exact) mass is 512 g/mol. The Morgan fingerprint density at radius 3 is 2.56 bits per heavy atom. The first-order chi connectivity index (χ1) is 17.3. The van der Waals surface area contributed by atoms with Gasteiger partial charge < -0.3 is 38.5 Å². The van der Waals surface area contributed by atoms with Gasteiger partial charge in [0, 0.05) is 32.4 Å². The average molecular weight is 513 g/mol. The number of nitrogens with zero attached hydrogens (tertiary/aromatic N) is 1. The molecule has 2 heterocycles. The largest absolute Gasteiger partial charge is 0.493 e. The second-order valence-corrected chi connectivity index (χ2v) is 8.04. The van der Waals surface area contributed by atoms with Crippen LogP contribution in [0, 0.1) is 0 Å². The van der Waals surface area contributed by atoms with Crippen LogP contribution < -0.4 is 14.8 Å². The van der Waals surface area contributed by atoms with Gasteiger partial charge in [-0.25, -0.2) is 9.78 Å². The number of esters is 2. The third-order valence-electron chi connectivity index (χ3n) is 5.11. The number of pyridine rings is 1. The van der Waals surface area contributed by atoms with Gasteiger partial charge in [-0.2, -0.15) is 0 Å². The molecule has 0 unspecified atom stereocenters. The lowest BCUT2D eigenvalue weighted by Gasteiger charge is -2.30. The van der Waals surface area contributed by atoms with Crippen molar-refractivity contribution < 1.29 is 47.5 Å². The molecule has 0 spiro atoms. The van der Waals surface area contributed by atoms with Gasteiger partial charge in [-0.3, -0.25) is 9.59 Å². The summed E-state index contributed by atoms with van der Waals surface area (Å²) < 4.78 is 38.7. The number of carbonyl (C=O) groups excluding carboxylic acids is 3. The highest BCUT2D eigenvalue weighted by atomic mass is 16.7. The predicted octanol–water partition coefficient (Wildman–Crippen LogP) is 1.64. The van der Waals surface area contributed by atoms with Crippen molar-refractivity contribution in [3.8, 4) is 11.5 Å². The SMILES string of the molecule is CCCO[C@H]1[C@H](C)OC(=O)[C@@H](NC(=O)c2nccc(OC)c2OCOC(C)=O)COC[C@@H]1OCCC. The van der Waals surface area contributed by atoms with E-state index in [1.807, 2.05) is 13.8 Å². The molecule has 4 atom stereocenters. The van der Waals surface area contributed by atoms with E-state index in [2.05, 4.69) is 10.3 Å². The fourth-order valence-corrected chi connectivity index (χ4v) is 3.40. The molecule has 12 heteroatoms. The minimum Gasteiger partial charge on any atom is -0.493 e. The minimum absolute atomic E-state index is 0.0504. The van der Waals surface area contributed by atoms with Crippen molar-refractivity contribution in [1.82, 2.24) is 10.3 Å². The van der Waals surface area contributed by atoms with Crippen LogP contribution in [0.15, 0.2) is 12.3 Å². The van der Waals surface area contributed by atoms with Crippen molar-refractivity contribution >= 4 is 17.8 Å². The topological polar surface area (TPSA) is 141 Å². The maximum absolute atomic E-state index is 13.1. The van der Waals surface area contributed by atoms with Crippen molar-refractivity contribution in [2.75, 3.05) is 40.3 Å². The molecule has 12 nitrogen and oxygen atoms in total. The number of nitrogens with one attached hydrogen (secondary N) is 1. The van der Waals surface area contributed by atoms with Crippen molar-refractivity contribution in [2.24, 2.45) is 0 Å². The molecule has 1 saturated heterocycles. The molecule has 202 valence electrons. The van der Waals surface area contributed by atoms with Gasteiger partial charge in [0.1, 0.15) is 18.3 Å². The smallest absolute Gasteiger partial charge is 0.331 e. The van der Waals surface area contributed by atoms with Crippen LogP contribution in [0.4, 0.5) is 0 Å². The Bertz CT molecular complexity index is 865. The summed E-state index contributed by atoms with van der Waals surface area (Å²) >= 11 is 0. The summed E-state index contributed by atoms with van der Waals surface area (Å²) in [5, 5.41) is 2.58. The fourth-order valence-electron chi connectivity index (χ4n) is 3.40. The average Bonchev–Trinajstić information content (AvgIpc) is 2.90. The molecule has 1 aliphatic rings. The summed E-state index contributed by atoms with van der Waals surface area (Å²) in [6, 6.07) is 0.345. The quantitative estimate of drug-likeness (QED) is 0.323. The maximum atomic E-state index is 13.1. The van der Waals surface area contributed by atoms with E-state index in [4.69, 9.17) is 33.2 Å². The van der Waals surface area contributed by atoms with Crippen molar-refractivity contribution in [1.29, 1.82) is 0 Å². The maximum Gasteiger partial charge on any atom is 0.331 e. The first kappa shape index (κ1) is 29.3. The van der Waals surface area contributed by atoms with E-state index in [0.717, 1.165) is 12.8 Å². The number of rotatable bonds is 12. The summed E-state index contributed by atoms with van der Waals surface area (Å²) in [5.41, 5.74) is -0.171. The van der Waals surface area contributed by atoms with E-state index < -0.39 is 49.0 Å². The van der Waals surface area contributed by atoms with Gasteiger partial charge in [-0.15, -0.1) is 0 Å². The van der Waals surface area contributed by atoms with Crippen LogP contribution in [0.25, 0.3) is 0 Å². The first-order valence-electron chi connectivity index (χ1n) is 11.9. The van der Waals surface area contributed by atoms with Gasteiger partial charge >= 0.3 is 11.9 Å². The van der Waals surface area contributed by atoms with Crippen LogP contribution in [0.1, 0.15) is 51.0 Å². The molecule has 0 saturated carbocycles. The lowest BCUT2D eigenvalue weighted by molar-refractivity contribution is -0.167. The zero-order valence-electron chi connectivity index (χ0n) is 21.4. The second kappa shape index (κ2) is 15.2. The lowest BCUT2D eigenvalue weighted by Crippen LogP contribution is -2.47. The fraction of sp³-hybridized carbons (Fsp3) is 0.667. The highest BCUT2D eigenvalue weighted by Gasteiger charge is 2.36. The molecule has 1 fully saturated rings. The molecular formula is C24H36N2O10. The molecule has 0 radical (unpaired) electrons. The molecule has 0 bridgehead atoms. The van der Waals surface area contributed by atoms with Crippen LogP contribution in [-0.4, -0.2) is 87.5 Å². The van der Waals surface area contributed by atoms with Crippen molar-refractivity contribution in [3.63, 3.8) is 0 Å². The van der Waals surface area contributed by atoms with Gasteiger partial charge in [0.05, 0.1) is 20.3 Å². The van der Waals surface area contributed by atoms with Crippen LogP contribution in [0.5, 0.6) is 11.5 Å². The Labute approximate surface area is 210 Å². The Morgan fingerprint density at radius 1 is 1.17 bits per heavy atom. The van der Waals surface area contributed by atoms with E-state index >= 15 is 0 Å². The van der Waals surface area contributed by atoms with E-state index in [1.165, 1.54) is 26.3 Å². The predicted molar refractivity (Wildman–Crippen MR) is 126 cm³/mol. The van der Waals surface area contributed by atoms with E-state index in [-0.39, 0.29) is 30.4 Å². The third kappa shape index (κ3) is 8.61. The highest BCUT2D eigenvalue weighted by Crippen LogP contribution is 2.29. The number of ether oxygens (including phenoxy) is 7. The molecule has 1 amide bonds. The van der Waals surface area contributed by atoms with Gasteiger partial charge in [0.15, 0.2) is 23.2 Å². The molecule has 1 aromatic rings. The molecule has 1 aromatic heterocycles. The molecule has 1 N–H and O–H groups in total. The molecule has 36 heavy (non-hydrogen) atoms.